The number of aromatic amines is 1. The van der Waals surface area contributed by atoms with E-state index in [0.29, 0.717) is 16.3 Å². The zero-order valence-corrected chi connectivity index (χ0v) is 10.0. The Hall–Kier alpha value is -2.09. The van der Waals surface area contributed by atoms with Gasteiger partial charge in [-0.3, -0.25) is 4.79 Å². The number of H-pyrrole nitrogens is 1. The Labute approximate surface area is 108 Å². The zero-order valence-electron chi connectivity index (χ0n) is 9.23. The van der Waals surface area contributed by atoms with Crippen LogP contribution in [0.5, 0.6) is 0 Å². The van der Waals surface area contributed by atoms with Gasteiger partial charge in [0.2, 0.25) is 0 Å². The summed E-state index contributed by atoms with van der Waals surface area (Å²) in [5.74, 6) is 0. The SMILES string of the molecule is O=c1cc(C(F)(F)F)n2nc(-c3cccs3)cc2[nH]1. The molecule has 0 aliphatic carbocycles. The maximum Gasteiger partial charge on any atom is 0.433 e. The first-order valence-electron chi connectivity index (χ1n) is 5.19. The Bertz CT molecular complexity index is 786. The van der Waals surface area contributed by atoms with Gasteiger partial charge in [0.15, 0.2) is 5.69 Å². The Morgan fingerprint density at radius 1 is 1.32 bits per heavy atom. The molecule has 19 heavy (non-hydrogen) atoms. The summed E-state index contributed by atoms with van der Waals surface area (Å²) in [6, 6.07) is 5.44. The van der Waals surface area contributed by atoms with Crippen molar-refractivity contribution in [1.29, 1.82) is 0 Å². The Morgan fingerprint density at radius 3 is 2.74 bits per heavy atom. The first-order chi connectivity index (χ1) is 8.95. The molecule has 0 aromatic carbocycles. The molecule has 0 saturated heterocycles. The molecule has 98 valence electrons. The summed E-state index contributed by atoms with van der Waals surface area (Å²) in [5, 5.41) is 5.70. The van der Waals surface area contributed by atoms with Crippen molar-refractivity contribution in [2.45, 2.75) is 6.18 Å². The molecule has 8 heteroatoms. The number of nitrogens with one attached hydrogen (secondary N) is 1. The fraction of sp³-hybridized carbons (Fsp3) is 0.0909. The second-order valence-corrected chi connectivity index (χ2v) is 4.77. The molecular formula is C11H6F3N3OS. The minimum atomic E-state index is -4.63. The molecule has 3 aromatic rings. The molecule has 0 aliphatic rings. The van der Waals surface area contributed by atoms with E-state index < -0.39 is 17.4 Å². The van der Waals surface area contributed by atoms with Crippen LogP contribution in [0, 0.1) is 0 Å². The van der Waals surface area contributed by atoms with E-state index in [1.165, 1.54) is 17.4 Å². The van der Waals surface area contributed by atoms with Crippen LogP contribution in [0.2, 0.25) is 0 Å². The minimum absolute atomic E-state index is 0.0169. The molecule has 3 heterocycles. The summed E-state index contributed by atoms with van der Waals surface area (Å²) in [4.78, 5) is 14.3. The van der Waals surface area contributed by atoms with E-state index in [1.807, 2.05) is 0 Å². The number of fused-ring (bicyclic) bond motifs is 1. The lowest BCUT2D eigenvalue weighted by molar-refractivity contribution is -0.142. The van der Waals surface area contributed by atoms with Crippen molar-refractivity contribution in [2.24, 2.45) is 0 Å². The molecule has 0 radical (unpaired) electrons. The van der Waals surface area contributed by atoms with Gasteiger partial charge in [0.1, 0.15) is 11.3 Å². The summed E-state index contributed by atoms with van der Waals surface area (Å²) in [6.45, 7) is 0. The molecule has 0 saturated carbocycles. The Kier molecular flexibility index (Phi) is 2.49. The molecule has 0 unspecified atom stereocenters. The van der Waals surface area contributed by atoms with Gasteiger partial charge < -0.3 is 4.98 Å². The molecule has 1 N–H and O–H groups in total. The maximum atomic E-state index is 12.8. The third-order valence-electron chi connectivity index (χ3n) is 2.52. The summed E-state index contributed by atoms with van der Waals surface area (Å²) in [6.07, 6.45) is -4.63. The van der Waals surface area contributed by atoms with E-state index in [1.54, 1.807) is 17.5 Å². The van der Waals surface area contributed by atoms with Gasteiger partial charge in [0.05, 0.1) is 4.88 Å². The molecule has 3 rings (SSSR count). The van der Waals surface area contributed by atoms with Crippen molar-refractivity contribution in [1.82, 2.24) is 14.6 Å². The molecule has 0 fully saturated rings. The Morgan fingerprint density at radius 2 is 2.11 bits per heavy atom. The highest BCUT2D eigenvalue weighted by molar-refractivity contribution is 7.13. The van der Waals surface area contributed by atoms with Crippen molar-refractivity contribution in [3.8, 4) is 10.6 Å². The topological polar surface area (TPSA) is 50.2 Å². The van der Waals surface area contributed by atoms with Crippen LogP contribution in [0.3, 0.4) is 0 Å². The number of hydrogen-bond donors (Lipinski definition) is 1. The van der Waals surface area contributed by atoms with Gasteiger partial charge in [-0.2, -0.15) is 18.3 Å². The van der Waals surface area contributed by atoms with Crippen LogP contribution >= 0.6 is 11.3 Å². The lowest BCUT2D eigenvalue weighted by atomic mass is 10.3. The van der Waals surface area contributed by atoms with E-state index in [9.17, 15) is 18.0 Å². The van der Waals surface area contributed by atoms with Crippen LogP contribution in [0.15, 0.2) is 34.4 Å². The van der Waals surface area contributed by atoms with E-state index in [2.05, 4.69) is 10.1 Å². The quantitative estimate of drug-likeness (QED) is 0.747. The first-order valence-corrected chi connectivity index (χ1v) is 6.07. The number of halogens is 3. The average Bonchev–Trinajstić information content (AvgIpc) is 2.93. The second kappa shape index (κ2) is 3.95. The molecule has 0 aliphatic heterocycles. The van der Waals surface area contributed by atoms with E-state index in [0.717, 1.165) is 4.88 Å². The summed E-state index contributed by atoms with van der Waals surface area (Å²) in [5.41, 5.74) is -1.49. The summed E-state index contributed by atoms with van der Waals surface area (Å²) >= 11 is 1.36. The first kappa shape index (κ1) is 12.0. The Balaban J connectivity index is 2.31. The predicted molar refractivity (Wildman–Crippen MR) is 64.1 cm³/mol. The van der Waals surface area contributed by atoms with Gasteiger partial charge in [0, 0.05) is 12.1 Å². The number of rotatable bonds is 1. The molecule has 0 atom stereocenters. The van der Waals surface area contributed by atoms with Gasteiger partial charge in [-0.15, -0.1) is 11.3 Å². The summed E-state index contributed by atoms with van der Waals surface area (Å²) in [7, 11) is 0. The molecule has 0 amide bonds. The fourth-order valence-electron chi connectivity index (χ4n) is 1.75. The fourth-order valence-corrected chi connectivity index (χ4v) is 2.43. The van der Waals surface area contributed by atoms with E-state index >= 15 is 0 Å². The van der Waals surface area contributed by atoms with Crippen molar-refractivity contribution in [3.05, 3.63) is 45.7 Å². The number of hydrogen-bond acceptors (Lipinski definition) is 3. The van der Waals surface area contributed by atoms with E-state index in [4.69, 9.17) is 0 Å². The van der Waals surface area contributed by atoms with Crippen molar-refractivity contribution in [2.75, 3.05) is 0 Å². The highest BCUT2D eigenvalue weighted by Gasteiger charge is 2.35. The lowest BCUT2D eigenvalue weighted by Gasteiger charge is -2.07. The highest BCUT2D eigenvalue weighted by Crippen LogP contribution is 2.30. The van der Waals surface area contributed by atoms with Gasteiger partial charge in [-0.1, -0.05) is 6.07 Å². The molecule has 3 aromatic heterocycles. The molecular weight excluding hydrogens is 279 g/mol. The van der Waals surface area contributed by atoms with Crippen molar-refractivity contribution < 1.29 is 13.2 Å². The molecule has 0 spiro atoms. The van der Waals surface area contributed by atoms with Gasteiger partial charge in [-0.25, -0.2) is 4.52 Å². The lowest BCUT2D eigenvalue weighted by Crippen LogP contribution is -2.19. The number of aromatic nitrogens is 3. The predicted octanol–water partition coefficient (Wildman–Crippen LogP) is 2.77. The van der Waals surface area contributed by atoms with Gasteiger partial charge >= 0.3 is 6.18 Å². The third-order valence-corrected chi connectivity index (χ3v) is 3.41. The van der Waals surface area contributed by atoms with E-state index in [-0.39, 0.29) is 5.65 Å². The summed E-state index contributed by atoms with van der Waals surface area (Å²) < 4.78 is 39.2. The molecule has 0 bridgehead atoms. The smallest absolute Gasteiger partial charge is 0.307 e. The van der Waals surface area contributed by atoms with Crippen molar-refractivity contribution >= 4 is 17.0 Å². The van der Waals surface area contributed by atoms with Gasteiger partial charge in [0.25, 0.3) is 5.56 Å². The zero-order chi connectivity index (χ0) is 13.6. The highest BCUT2D eigenvalue weighted by atomic mass is 32.1. The number of nitrogens with zero attached hydrogens (tertiary/aromatic N) is 2. The van der Waals surface area contributed by atoms with Crippen LogP contribution < -0.4 is 5.56 Å². The normalized spacial score (nSPS) is 12.2. The minimum Gasteiger partial charge on any atom is -0.307 e. The van der Waals surface area contributed by atoms with Crippen molar-refractivity contribution in [3.63, 3.8) is 0 Å². The monoisotopic (exact) mass is 285 g/mol. The van der Waals surface area contributed by atoms with Crippen LogP contribution in [-0.2, 0) is 6.18 Å². The van der Waals surface area contributed by atoms with Crippen LogP contribution in [-0.4, -0.2) is 14.6 Å². The third kappa shape index (κ3) is 2.03. The maximum absolute atomic E-state index is 12.8. The number of thiophene rings is 1. The standard InChI is InChI=1S/C11H6F3N3OS/c12-11(13,14)8-5-10(18)15-9-4-6(16-17(8)9)7-2-1-3-19-7/h1-5H,(H,15,18). The average molecular weight is 285 g/mol. The van der Waals surface area contributed by atoms with Gasteiger partial charge in [-0.05, 0) is 11.4 Å². The largest absolute Gasteiger partial charge is 0.433 e. The van der Waals surface area contributed by atoms with Crippen LogP contribution in [0.25, 0.3) is 16.2 Å². The van der Waals surface area contributed by atoms with Crippen LogP contribution in [0.4, 0.5) is 13.2 Å². The molecule has 4 nitrogen and oxygen atoms in total. The van der Waals surface area contributed by atoms with Crippen LogP contribution in [0.1, 0.15) is 5.69 Å². The second-order valence-electron chi connectivity index (χ2n) is 3.82. The number of alkyl halides is 3.